The first kappa shape index (κ1) is 8.41. The number of carbonyl (C=O) groups is 1. The Bertz CT molecular complexity index is 168. The van der Waals surface area contributed by atoms with E-state index in [1.165, 1.54) is 0 Å². The quantitative estimate of drug-likeness (QED) is 0.341. The summed E-state index contributed by atoms with van der Waals surface area (Å²) in [6.45, 7) is 0. The fourth-order valence-electron chi connectivity index (χ4n) is 0.863. The van der Waals surface area contributed by atoms with Crippen molar-refractivity contribution in [3.05, 3.63) is 0 Å². The van der Waals surface area contributed by atoms with Crippen LogP contribution in [0.1, 0.15) is 0 Å². The molecule has 1 aliphatic rings. The van der Waals surface area contributed by atoms with Crippen LogP contribution in [-0.2, 0) is 9.53 Å². The van der Waals surface area contributed by atoms with Gasteiger partial charge in [0, 0.05) is 0 Å². The molecule has 0 spiro atoms. The first-order valence-electron chi connectivity index (χ1n) is 2.96. The van der Waals surface area contributed by atoms with Crippen LogP contribution in [-0.4, -0.2) is 51.0 Å². The predicted octanol–water partition coefficient (Wildman–Crippen LogP) is -2.49. The van der Waals surface area contributed by atoms with Crippen LogP contribution in [0.4, 0.5) is 0 Å². The maximum Gasteiger partial charge on any atom is 0.335 e. The number of carboxylic acid groups (broad SMARTS) is 1. The summed E-state index contributed by atoms with van der Waals surface area (Å²) in [6, 6.07) is 0. The lowest BCUT2D eigenvalue weighted by atomic mass is 10.1. The molecule has 0 saturated carbocycles. The van der Waals surface area contributed by atoms with Gasteiger partial charge in [-0.15, -0.1) is 0 Å². The zero-order valence-corrected chi connectivity index (χ0v) is 5.41. The molecule has 1 aliphatic heterocycles. The third-order valence-corrected chi connectivity index (χ3v) is 1.48. The number of aliphatic carboxylic acids is 1. The molecule has 4 N–H and O–H groups in total. The van der Waals surface area contributed by atoms with Gasteiger partial charge in [-0.1, -0.05) is 0 Å². The molecule has 0 aromatic rings. The number of hydrogen-bond donors (Lipinski definition) is 4. The smallest absolute Gasteiger partial charge is 0.335 e. The van der Waals surface area contributed by atoms with Crippen LogP contribution in [0.15, 0.2) is 0 Å². The Morgan fingerprint density at radius 1 is 1.18 bits per heavy atom. The SMILES string of the molecule is O=C(O)[C@@H]1O[C@H](O)[C@H](O)[C@@H]1O. The summed E-state index contributed by atoms with van der Waals surface area (Å²) in [4.78, 5) is 10.2. The summed E-state index contributed by atoms with van der Waals surface area (Å²) in [5, 5.41) is 34.7. The molecule has 6 nitrogen and oxygen atoms in total. The van der Waals surface area contributed by atoms with Crippen molar-refractivity contribution >= 4 is 5.97 Å². The Morgan fingerprint density at radius 3 is 1.91 bits per heavy atom. The lowest BCUT2D eigenvalue weighted by molar-refractivity contribution is -0.165. The molecular weight excluding hydrogens is 156 g/mol. The number of rotatable bonds is 1. The van der Waals surface area contributed by atoms with Gasteiger partial charge < -0.3 is 25.2 Å². The molecule has 1 heterocycles. The maximum absolute atomic E-state index is 10.2. The van der Waals surface area contributed by atoms with Gasteiger partial charge in [-0.25, -0.2) is 4.79 Å². The van der Waals surface area contributed by atoms with E-state index in [0.29, 0.717) is 0 Å². The van der Waals surface area contributed by atoms with Crippen LogP contribution >= 0.6 is 0 Å². The van der Waals surface area contributed by atoms with Crippen molar-refractivity contribution in [2.45, 2.75) is 24.6 Å². The van der Waals surface area contributed by atoms with Gasteiger partial charge in [0.25, 0.3) is 0 Å². The molecule has 11 heavy (non-hydrogen) atoms. The van der Waals surface area contributed by atoms with Crippen molar-refractivity contribution < 1.29 is 30.0 Å². The highest BCUT2D eigenvalue weighted by molar-refractivity contribution is 5.73. The van der Waals surface area contributed by atoms with Gasteiger partial charge in [-0.3, -0.25) is 0 Å². The summed E-state index contributed by atoms with van der Waals surface area (Å²) in [7, 11) is 0. The summed E-state index contributed by atoms with van der Waals surface area (Å²) in [6.07, 6.45) is -6.27. The molecule has 1 rings (SSSR count). The molecule has 0 aliphatic carbocycles. The Hall–Kier alpha value is -0.690. The van der Waals surface area contributed by atoms with Gasteiger partial charge in [0.2, 0.25) is 0 Å². The molecule has 1 fully saturated rings. The lowest BCUT2D eigenvalue weighted by Gasteiger charge is -2.08. The Balaban J connectivity index is 2.67. The second kappa shape index (κ2) is 2.74. The van der Waals surface area contributed by atoms with Gasteiger partial charge >= 0.3 is 5.97 Å². The van der Waals surface area contributed by atoms with Crippen molar-refractivity contribution in [2.75, 3.05) is 0 Å². The number of aliphatic hydroxyl groups excluding tert-OH is 3. The van der Waals surface area contributed by atoms with E-state index in [1.807, 2.05) is 0 Å². The van der Waals surface area contributed by atoms with Gasteiger partial charge in [0.1, 0.15) is 12.2 Å². The summed E-state index contributed by atoms with van der Waals surface area (Å²) in [5.41, 5.74) is 0. The average Bonchev–Trinajstić information content (AvgIpc) is 2.17. The monoisotopic (exact) mass is 164 g/mol. The van der Waals surface area contributed by atoms with Crippen molar-refractivity contribution in [2.24, 2.45) is 0 Å². The van der Waals surface area contributed by atoms with Crippen LogP contribution in [0, 0.1) is 0 Å². The fraction of sp³-hybridized carbons (Fsp3) is 0.800. The van der Waals surface area contributed by atoms with Crippen LogP contribution in [0.25, 0.3) is 0 Å². The van der Waals surface area contributed by atoms with Gasteiger partial charge in [0.15, 0.2) is 12.4 Å². The minimum Gasteiger partial charge on any atom is -0.479 e. The van der Waals surface area contributed by atoms with Crippen molar-refractivity contribution in [3.63, 3.8) is 0 Å². The summed E-state index contributed by atoms with van der Waals surface area (Å²) in [5.74, 6) is -1.41. The Kier molecular flexibility index (Phi) is 2.10. The summed E-state index contributed by atoms with van der Waals surface area (Å²) < 4.78 is 4.30. The Labute approximate surface area is 61.6 Å². The van der Waals surface area contributed by atoms with Crippen molar-refractivity contribution in [1.82, 2.24) is 0 Å². The van der Waals surface area contributed by atoms with Crippen LogP contribution in [0.3, 0.4) is 0 Å². The highest BCUT2D eigenvalue weighted by Crippen LogP contribution is 2.19. The molecule has 0 unspecified atom stereocenters. The van der Waals surface area contributed by atoms with E-state index in [1.54, 1.807) is 0 Å². The third kappa shape index (κ3) is 1.33. The Morgan fingerprint density at radius 2 is 1.73 bits per heavy atom. The van der Waals surface area contributed by atoms with Gasteiger partial charge in [-0.2, -0.15) is 0 Å². The predicted molar refractivity (Wildman–Crippen MR) is 30.5 cm³/mol. The van der Waals surface area contributed by atoms with E-state index >= 15 is 0 Å². The van der Waals surface area contributed by atoms with E-state index in [2.05, 4.69) is 4.74 Å². The largest absolute Gasteiger partial charge is 0.479 e. The first-order chi connectivity index (χ1) is 5.04. The molecule has 0 bridgehead atoms. The van der Waals surface area contributed by atoms with E-state index < -0.39 is 30.6 Å². The number of aliphatic hydroxyl groups is 3. The van der Waals surface area contributed by atoms with Crippen molar-refractivity contribution in [3.8, 4) is 0 Å². The molecule has 0 radical (unpaired) electrons. The minimum absolute atomic E-state index is 1.41. The van der Waals surface area contributed by atoms with Crippen molar-refractivity contribution in [1.29, 1.82) is 0 Å². The molecule has 4 atom stereocenters. The highest BCUT2D eigenvalue weighted by Gasteiger charge is 2.45. The first-order valence-corrected chi connectivity index (χ1v) is 2.96. The zero-order valence-electron chi connectivity index (χ0n) is 5.41. The van der Waals surface area contributed by atoms with E-state index in [-0.39, 0.29) is 0 Å². The van der Waals surface area contributed by atoms with Crippen LogP contribution in [0.5, 0.6) is 0 Å². The normalized spacial score (nSPS) is 44.3. The molecule has 0 aromatic heterocycles. The third-order valence-electron chi connectivity index (χ3n) is 1.48. The summed E-state index contributed by atoms with van der Waals surface area (Å²) >= 11 is 0. The number of ether oxygens (including phenoxy) is 1. The second-order valence-electron chi connectivity index (χ2n) is 2.27. The maximum atomic E-state index is 10.2. The average molecular weight is 164 g/mol. The lowest BCUT2D eigenvalue weighted by Crippen LogP contribution is -2.36. The molecule has 6 heteroatoms. The number of hydrogen-bond acceptors (Lipinski definition) is 5. The van der Waals surface area contributed by atoms with Crippen LogP contribution in [0.2, 0.25) is 0 Å². The van der Waals surface area contributed by atoms with E-state index in [0.717, 1.165) is 0 Å². The second-order valence-corrected chi connectivity index (χ2v) is 2.27. The standard InChI is InChI=1S/C5H8O6/c6-1-2(7)5(10)11-3(1)4(8)9/h1-3,5-7,10H,(H,8,9)/t1-,2+,3+,5-/m0/s1. The minimum atomic E-state index is -1.62. The van der Waals surface area contributed by atoms with E-state index in [4.69, 9.17) is 20.4 Å². The zero-order chi connectivity index (χ0) is 8.59. The molecule has 64 valence electrons. The molecular formula is C5H8O6. The number of carboxylic acids is 1. The van der Waals surface area contributed by atoms with Gasteiger partial charge in [0.05, 0.1) is 0 Å². The van der Waals surface area contributed by atoms with E-state index in [9.17, 15) is 4.79 Å². The van der Waals surface area contributed by atoms with Crippen LogP contribution < -0.4 is 0 Å². The van der Waals surface area contributed by atoms with Gasteiger partial charge in [-0.05, 0) is 0 Å². The molecule has 0 aromatic carbocycles. The molecule has 1 saturated heterocycles. The fourth-order valence-corrected chi connectivity index (χ4v) is 0.863. The topological polar surface area (TPSA) is 107 Å². The highest BCUT2D eigenvalue weighted by atomic mass is 16.7. The molecule has 0 amide bonds.